The van der Waals surface area contributed by atoms with Gasteiger partial charge in [0.25, 0.3) is 0 Å². The highest BCUT2D eigenvalue weighted by Gasteiger charge is 2.14. The number of para-hydroxylation sites is 1. The van der Waals surface area contributed by atoms with E-state index in [9.17, 15) is 4.79 Å². The lowest BCUT2D eigenvalue weighted by Crippen LogP contribution is -2.19. The third-order valence-electron chi connectivity index (χ3n) is 4.22. The van der Waals surface area contributed by atoms with Gasteiger partial charge in [-0.05, 0) is 29.8 Å². The molecule has 0 spiro atoms. The number of nitrogens with zero attached hydrogens (tertiary/aromatic N) is 2. The number of anilines is 1. The van der Waals surface area contributed by atoms with Gasteiger partial charge in [0.2, 0.25) is 5.91 Å². The maximum Gasteiger partial charge on any atom is 0.244 e. The lowest BCUT2D eigenvalue weighted by Gasteiger charge is -2.12. The molecule has 0 fully saturated rings. The number of hydrogen-bond donors (Lipinski definition) is 1. The summed E-state index contributed by atoms with van der Waals surface area (Å²) < 4.78 is 2.02. The van der Waals surface area contributed by atoms with Crippen LogP contribution in [0.3, 0.4) is 0 Å². The van der Waals surface area contributed by atoms with Crippen molar-refractivity contribution in [3.05, 3.63) is 84.1 Å². The summed E-state index contributed by atoms with van der Waals surface area (Å²) in [5, 5.41) is 4.21. The van der Waals surface area contributed by atoms with Crippen LogP contribution in [-0.2, 0) is 11.3 Å². The van der Waals surface area contributed by atoms with Crippen LogP contribution in [0.15, 0.2) is 79.0 Å². The number of pyridine rings is 1. The van der Waals surface area contributed by atoms with Gasteiger partial charge < -0.3 is 9.88 Å². The maximum atomic E-state index is 12.6. The molecule has 0 aliphatic heterocycles. The highest BCUT2D eigenvalue weighted by atomic mass is 35.5. The molecule has 2 aromatic heterocycles. The molecule has 2 heterocycles. The second-order valence-electron chi connectivity index (χ2n) is 5.93. The Morgan fingerprint density at radius 2 is 1.77 bits per heavy atom. The van der Waals surface area contributed by atoms with E-state index >= 15 is 0 Å². The second-order valence-corrected chi connectivity index (χ2v) is 6.29. The Bertz CT molecular complexity index is 1070. The number of fused-ring (bicyclic) bond motifs is 1. The lowest BCUT2D eigenvalue weighted by atomic mass is 10.1. The number of rotatable bonds is 4. The molecular formula is C21H16ClN3O. The minimum atomic E-state index is -0.154. The van der Waals surface area contributed by atoms with Crippen molar-refractivity contribution in [2.24, 2.45) is 0 Å². The zero-order valence-electron chi connectivity index (χ0n) is 13.9. The van der Waals surface area contributed by atoms with Gasteiger partial charge in [-0.2, -0.15) is 0 Å². The largest absolute Gasteiger partial charge is 0.331 e. The van der Waals surface area contributed by atoms with Crippen LogP contribution in [0, 0.1) is 0 Å². The first kappa shape index (κ1) is 16.4. The van der Waals surface area contributed by atoms with Crippen molar-refractivity contribution in [1.29, 1.82) is 0 Å². The molecule has 4 nitrogen and oxygen atoms in total. The quantitative estimate of drug-likeness (QED) is 0.520. The van der Waals surface area contributed by atoms with Crippen LogP contribution in [0.25, 0.3) is 22.2 Å². The molecule has 0 aliphatic carbocycles. The monoisotopic (exact) mass is 361 g/mol. The number of amides is 1. The average molecular weight is 362 g/mol. The van der Waals surface area contributed by atoms with Crippen LogP contribution in [0.2, 0.25) is 5.15 Å². The van der Waals surface area contributed by atoms with Gasteiger partial charge in [-0.25, -0.2) is 4.98 Å². The molecule has 0 saturated heterocycles. The standard InChI is InChI=1S/C21H16ClN3O/c22-21-17(10-6-12-23-21)24-20(26)14-25-18-11-5-4-9-16(18)13-19(25)15-7-2-1-3-8-15/h1-13H,14H2,(H,24,26). The Morgan fingerprint density at radius 3 is 2.58 bits per heavy atom. The van der Waals surface area contributed by atoms with Crippen LogP contribution in [0.5, 0.6) is 0 Å². The SMILES string of the molecule is O=C(Cn1c(-c2ccccc2)cc2ccccc21)Nc1cccnc1Cl. The molecule has 4 rings (SSSR count). The summed E-state index contributed by atoms with van der Waals surface area (Å²) in [5.41, 5.74) is 3.59. The van der Waals surface area contributed by atoms with E-state index in [0.29, 0.717) is 5.69 Å². The van der Waals surface area contributed by atoms with Gasteiger partial charge in [-0.3, -0.25) is 4.79 Å². The van der Waals surface area contributed by atoms with E-state index < -0.39 is 0 Å². The van der Waals surface area contributed by atoms with E-state index in [2.05, 4.69) is 16.4 Å². The number of carbonyl (C=O) groups excluding carboxylic acids is 1. The first-order chi connectivity index (χ1) is 12.7. The van der Waals surface area contributed by atoms with Gasteiger partial charge in [0.15, 0.2) is 5.15 Å². The topological polar surface area (TPSA) is 46.9 Å². The Morgan fingerprint density at radius 1 is 1.00 bits per heavy atom. The molecule has 0 atom stereocenters. The summed E-state index contributed by atoms with van der Waals surface area (Å²) in [4.78, 5) is 16.6. The van der Waals surface area contributed by atoms with Crippen LogP contribution >= 0.6 is 11.6 Å². The Labute approximate surface area is 156 Å². The fourth-order valence-corrected chi connectivity index (χ4v) is 3.21. The van der Waals surface area contributed by atoms with Crippen LogP contribution in [0.4, 0.5) is 5.69 Å². The number of hydrogen-bond acceptors (Lipinski definition) is 2. The van der Waals surface area contributed by atoms with Crippen molar-refractivity contribution >= 4 is 34.1 Å². The zero-order valence-corrected chi connectivity index (χ0v) is 14.6. The molecule has 0 aliphatic rings. The molecule has 5 heteroatoms. The van der Waals surface area contributed by atoms with Gasteiger partial charge in [0.1, 0.15) is 6.54 Å². The molecule has 1 amide bonds. The van der Waals surface area contributed by atoms with Crippen molar-refractivity contribution < 1.29 is 4.79 Å². The van der Waals surface area contributed by atoms with Crippen LogP contribution < -0.4 is 5.32 Å². The molecule has 0 radical (unpaired) electrons. The van der Waals surface area contributed by atoms with E-state index in [-0.39, 0.29) is 17.6 Å². The summed E-state index contributed by atoms with van der Waals surface area (Å²) in [6, 6.07) is 23.7. The number of aromatic nitrogens is 2. The number of halogens is 1. The van der Waals surface area contributed by atoms with Gasteiger partial charge in [-0.15, -0.1) is 0 Å². The molecule has 128 valence electrons. The van der Waals surface area contributed by atoms with E-state index in [1.165, 1.54) is 0 Å². The van der Waals surface area contributed by atoms with E-state index in [1.807, 2.05) is 59.2 Å². The van der Waals surface area contributed by atoms with Crippen LogP contribution in [0.1, 0.15) is 0 Å². The summed E-state index contributed by atoms with van der Waals surface area (Å²) in [6.45, 7) is 0.183. The van der Waals surface area contributed by atoms with Gasteiger partial charge in [0, 0.05) is 22.8 Å². The third-order valence-corrected chi connectivity index (χ3v) is 4.52. The van der Waals surface area contributed by atoms with E-state index in [0.717, 1.165) is 22.2 Å². The minimum absolute atomic E-state index is 0.154. The molecule has 0 bridgehead atoms. The molecule has 0 saturated carbocycles. The van der Waals surface area contributed by atoms with Crippen molar-refractivity contribution in [3.63, 3.8) is 0 Å². The first-order valence-electron chi connectivity index (χ1n) is 8.26. The van der Waals surface area contributed by atoms with Crippen molar-refractivity contribution in [1.82, 2.24) is 9.55 Å². The summed E-state index contributed by atoms with van der Waals surface area (Å²) in [5.74, 6) is -0.154. The number of nitrogens with one attached hydrogen (secondary N) is 1. The molecule has 26 heavy (non-hydrogen) atoms. The highest BCUT2D eigenvalue weighted by Crippen LogP contribution is 2.28. The predicted molar refractivity (Wildman–Crippen MR) is 105 cm³/mol. The summed E-state index contributed by atoms with van der Waals surface area (Å²) >= 11 is 6.04. The van der Waals surface area contributed by atoms with Crippen LogP contribution in [-0.4, -0.2) is 15.5 Å². The number of carbonyl (C=O) groups is 1. The predicted octanol–water partition coefficient (Wildman–Crippen LogP) is 5.00. The van der Waals surface area contributed by atoms with Gasteiger partial charge in [0.05, 0.1) is 5.69 Å². The zero-order chi connectivity index (χ0) is 17.9. The smallest absolute Gasteiger partial charge is 0.244 e. The Balaban J connectivity index is 1.71. The normalized spacial score (nSPS) is 10.8. The summed E-state index contributed by atoms with van der Waals surface area (Å²) in [6.07, 6.45) is 1.59. The Kier molecular flexibility index (Phi) is 4.42. The molecule has 4 aromatic rings. The lowest BCUT2D eigenvalue weighted by molar-refractivity contribution is -0.116. The minimum Gasteiger partial charge on any atom is -0.331 e. The molecule has 0 unspecified atom stereocenters. The van der Waals surface area contributed by atoms with E-state index in [4.69, 9.17) is 11.6 Å². The fraction of sp³-hybridized carbons (Fsp3) is 0.0476. The highest BCUT2D eigenvalue weighted by molar-refractivity contribution is 6.32. The fourth-order valence-electron chi connectivity index (χ4n) is 3.04. The molecule has 1 N–H and O–H groups in total. The van der Waals surface area contributed by atoms with E-state index in [1.54, 1.807) is 18.3 Å². The average Bonchev–Trinajstić information content (AvgIpc) is 3.03. The van der Waals surface area contributed by atoms with Gasteiger partial charge in [-0.1, -0.05) is 60.1 Å². The van der Waals surface area contributed by atoms with Crippen molar-refractivity contribution in [3.8, 4) is 11.3 Å². The second kappa shape index (κ2) is 7.02. The van der Waals surface area contributed by atoms with Crippen molar-refractivity contribution in [2.45, 2.75) is 6.54 Å². The number of benzene rings is 2. The summed E-state index contributed by atoms with van der Waals surface area (Å²) in [7, 11) is 0. The Hall–Kier alpha value is -3.11. The first-order valence-corrected chi connectivity index (χ1v) is 8.64. The molecule has 2 aromatic carbocycles. The third kappa shape index (κ3) is 3.19. The van der Waals surface area contributed by atoms with Crippen molar-refractivity contribution in [2.75, 3.05) is 5.32 Å². The van der Waals surface area contributed by atoms with Gasteiger partial charge >= 0.3 is 0 Å². The molecular weight excluding hydrogens is 346 g/mol. The maximum absolute atomic E-state index is 12.6.